The molecule has 0 aliphatic carbocycles. The molecule has 2 heterocycles. The van der Waals surface area contributed by atoms with E-state index < -0.39 is 23.5 Å². The van der Waals surface area contributed by atoms with Gasteiger partial charge in [0, 0.05) is 5.56 Å². The molecule has 1 aromatic heterocycles. The SMILES string of the molecule is Cc1ccc2nc(N3C(=O)C(=O)C(=C(O)c4ccc(F)cc4)[C@@H]3c3ccccc3)sc2c1. The van der Waals surface area contributed by atoms with Gasteiger partial charge in [-0.25, -0.2) is 9.37 Å². The van der Waals surface area contributed by atoms with Gasteiger partial charge >= 0.3 is 5.91 Å². The lowest BCUT2D eigenvalue weighted by atomic mass is 9.95. The van der Waals surface area contributed by atoms with Gasteiger partial charge in [0.05, 0.1) is 21.8 Å². The molecule has 0 unspecified atom stereocenters. The zero-order valence-corrected chi connectivity index (χ0v) is 17.8. The van der Waals surface area contributed by atoms with Crippen molar-refractivity contribution in [2.24, 2.45) is 0 Å². The van der Waals surface area contributed by atoms with Gasteiger partial charge in [0.25, 0.3) is 5.78 Å². The molecule has 1 aliphatic rings. The van der Waals surface area contributed by atoms with Gasteiger partial charge in [-0.3, -0.25) is 14.5 Å². The van der Waals surface area contributed by atoms with Crippen molar-refractivity contribution < 1.29 is 19.1 Å². The molecule has 32 heavy (non-hydrogen) atoms. The summed E-state index contributed by atoms with van der Waals surface area (Å²) in [7, 11) is 0. The minimum atomic E-state index is -0.858. The number of fused-ring (bicyclic) bond motifs is 1. The largest absolute Gasteiger partial charge is 0.507 e. The summed E-state index contributed by atoms with van der Waals surface area (Å²) in [5.41, 5.74) is 2.65. The van der Waals surface area contributed by atoms with Crippen LogP contribution >= 0.6 is 11.3 Å². The van der Waals surface area contributed by atoms with Gasteiger partial charge in [0.1, 0.15) is 11.6 Å². The number of nitrogens with zero attached hydrogens (tertiary/aromatic N) is 2. The Kier molecular flexibility index (Phi) is 4.83. The van der Waals surface area contributed by atoms with E-state index >= 15 is 0 Å². The molecule has 0 saturated carbocycles. The highest BCUT2D eigenvalue weighted by atomic mass is 32.1. The fourth-order valence-corrected chi connectivity index (χ4v) is 4.96. The Morgan fingerprint density at radius 3 is 2.47 bits per heavy atom. The van der Waals surface area contributed by atoms with E-state index in [1.807, 2.05) is 31.2 Å². The van der Waals surface area contributed by atoms with Gasteiger partial charge in [-0.1, -0.05) is 47.7 Å². The number of halogens is 1. The summed E-state index contributed by atoms with van der Waals surface area (Å²) in [4.78, 5) is 32.2. The number of carbonyl (C=O) groups excluding carboxylic acids is 2. The lowest BCUT2D eigenvalue weighted by Crippen LogP contribution is -2.29. The van der Waals surface area contributed by atoms with Crippen LogP contribution in [0.1, 0.15) is 22.7 Å². The van der Waals surface area contributed by atoms with Crippen LogP contribution in [0.15, 0.2) is 78.4 Å². The van der Waals surface area contributed by atoms with Crippen molar-refractivity contribution in [3.8, 4) is 0 Å². The maximum atomic E-state index is 13.4. The molecule has 0 spiro atoms. The number of anilines is 1. The average Bonchev–Trinajstić information content (AvgIpc) is 3.32. The summed E-state index contributed by atoms with van der Waals surface area (Å²) in [6, 6.07) is 19.1. The van der Waals surface area contributed by atoms with Gasteiger partial charge in [-0.05, 0) is 54.4 Å². The van der Waals surface area contributed by atoms with Gasteiger partial charge < -0.3 is 5.11 Å². The third-order valence-corrected chi connectivity index (χ3v) is 6.43. The molecule has 158 valence electrons. The summed E-state index contributed by atoms with van der Waals surface area (Å²) in [6.07, 6.45) is 0. The van der Waals surface area contributed by atoms with Crippen LogP contribution in [0.2, 0.25) is 0 Å². The Morgan fingerprint density at radius 1 is 1.03 bits per heavy atom. The van der Waals surface area contributed by atoms with Crippen molar-refractivity contribution in [1.82, 2.24) is 4.98 Å². The summed E-state index contributed by atoms with van der Waals surface area (Å²) in [5.74, 6) is -2.39. The molecule has 1 N–H and O–H groups in total. The minimum absolute atomic E-state index is 0.0526. The van der Waals surface area contributed by atoms with Crippen LogP contribution in [0.3, 0.4) is 0 Å². The van der Waals surface area contributed by atoms with Gasteiger partial charge in [0.15, 0.2) is 5.13 Å². The summed E-state index contributed by atoms with van der Waals surface area (Å²) < 4.78 is 14.3. The molecule has 1 amide bonds. The number of hydrogen-bond donors (Lipinski definition) is 1. The first-order valence-electron chi connectivity index (χ1n) is 9.93. The van der Waals surface area contributed by atoms with Crippen LogP contribution in [0.4, 0.5) is 9.52 Å². The van der Waals surface area contributed by atoms with E-state index in [2.05, 4.69) is 4.98 Å². The van der Waals surface area contributed by atoms with Crippen LogP contribution in [-0.2, 0) is 9.59 Å². The van der Waals surface area contributed by atoms with Crippen molar-refractivity contribution in [3.05, 3.63) is 101 Å². The van der Waals surface area contributed by atoms with E-state index in [0.717, 1.165) is 15.8 Å². The number of ketones is 1. The van der Waals surface area contributed by atoms with Crippen LogP contribution in [0.25, 0.3) is 16.0 Å². The fourth-order valence-electron chi connectivity index (χ4n) is 3.87. The number of benzene rings is 3. The number of Topliss-reactive ketones (excluding diaryl/α,β-unsaturated/α-hetero) is 1. The third-order valence-electron chi connectivity index (χ3n) is 5.42. The highest BCUT2D eigenvalue weighted by Gasteiger charge is 2.48. The molecule has 0 bridgehead atoms. The molecular weight excluding hydrogens is 427 g/mol. The summed E-state index contributed by atoms with van der Waals surface area (Å²) in [5, 5.41) is 11.4. The minimum Gasteiger partial charge on any atom is -0.507 e. The van der Waals surface area contributed by atoms with Crippen LogP contribution in [-0.4, -0.2) is 21.8 Å². The van der Waals surface area contributed by atoms with Crippen LogP contribution < -0.4 is 4.90 Å². The second kappa shape index (κ2) is 7.69. The third kappa shape index (κ3) is 3.27. The lowest BCUT2D eigenvalue weighted by molar-refractivity contribution is -0.132. The molecule has 7 heteroatoms. The smallest absolute Gasteiger partial charge is 0.301 e. The molecule has 4 aromatic rings. The molecule has 5 rings (SSSR count). The molecule has 5 nitrogen and oxygen atoms in total. The van der Waals surface area contributed by atoms with E-state index in [-0.39, 0.29) is 16.9 Å². The number of thiazole rings is 1. The first-order chi connectivity index (χ1) is 15.4. The standard InChI is InChI=1S/C25H17FN2O3S/c1-14-7-12-18-19(13-14)32-25(27-18)28-21(15-5-3-2-4-6-15)20(23(30)24(28)31)22(29)16-8-10-17(26)11-9-16/h2-13,21,29H,1H3/t21-/m0/s1. The number of hydrogen-bond acceptors (Lipinski definition) is 5. The Morgan fingerprint density at radius 2 is 1.75 bits per heavy atom. The van der Waals surface area contributed by atoms with Crippen LogP contribution in [0.5, 0.6) is 0 Å². The molecule has 1 saturated heterocycles. The van der Waals surface area contributed by atoms with Gasteiger partial charge in [-0.2, -0.15) is 0 Å². The quantitative estimate of drug-likeness (QED) is 0.262. The Balaban J connectivity index is 1.72. The van der Waals surface area contributed by atoms with Crippen molar-refractivity contribution in [2.45, 2.75) is 13.0 Å². The maximum absolute atomic E-state index is 13.4. The first-order valence-corrected chi connectivity index (χ1v) is 10.7. The van der Waals surface area contributed by atoms with Crippen molar-refractivity contribution in [1.29, 1.82) is 0 Å². The molecule has 3 aromatic carbocycles. The Labute approximate surface area is 187 Å². The van der Waals surface area contributed by atoms with Crippen LogP contribution in [0, 0.1) is 12.7 Å². The monoisotopic (exact) mass is 444 g/mol. The van der Waals surface area contributed by atoms with Crippen molar-refractivity contribution in [3.63, 3.8) is 0 Å². The maximum Gasteiger partial charge on any atom is 0.301 e. The lowest BCUT2D eigenvalue weighted by Gasteiger charge is -2.22. The normalized spacial score (nSPS) is 17.9. The van der Waals surface area contributed by atoms with Crippen molar-refractivity contribution in [2.75, 3.05) is 4.90 Å². The number of carbonyl (C=O) groups is 2. The number of aromatic nitrogens is 1. The van der Waals surface area contributed by atoms with E-state index in [9.17, 15) is 19.1 Å². The number of rotatable bonds is 3. The second-order valence-corrected chi connectivity index (χ2v) is 8.56. The Hall–Kier alpha value is -3.84. The van der Waals surface area contributed by atoms with E-state index in [1.165, 1.54) is 40.5 Å². The molecular formula is C25H17FN2O3S. The van der Waals surface area contributed by atoms with Crippen molar-refractivity contribution >= 4 is 44.1 Å². The predicted molar refractivity (Wildman–Crippen MR) is 122 cm³/mol. The second-order valence-electron chi connectivity index (χ2n) is 7.55. The molecule has 1 aliphatic heterocycles. The number of amides is 1. The average molecular weight is 444 g/mol. The van der Waals surface area contributed by atoms with E-state index in [1.54, 1.807) is 24.3 Å². The van der Waals surface area contributed by atoms with E-state index in [4.69, 9.17) is 0 Å². The number of aliphatic hydroxyl groups is 1. The predicted octanol–water partition coefficient (Wildman–Crippen LogP) is 5.37. The van der Waals surface area contributed by atoms with E-state index in [0.29, 0.717) is 10.7 Å². The summed E-state index contributed by atoms with van der Waals surface area (Å²) >= 11 is 1.31. The molecule has 0 radical (unpaired) electrons. The molecule has 1 fully saturated rings. The summed E-state index contributed by atoms with van der Waals surface area (Å²) in [6.45, 7) is 1.97. The Bertz CT molecular complexity index is 1390. The van der Waals surface area contributed by atoms with Gasteiger partial charge in [-0.15, -0.1) is 0 Å². The molecule has 1 atom stereocenters. The number of aliphatic hydroxyl groups excluding tert-OH is 1. The fraction of sp³-hybridized carbons (Fsp3) is 0.0800. The zero-order valence-electron chi connectivity index (χ0n) is 16.9. The first kappa shape index (κ1) is 20.1. The zero-order chi connectivity index (χ0) is 22.4. The van der Waals surface area contributed by atoms with Gasteiger partial charge in [0.2, 0.25) is 0 Å². The highest BCUT2D eigenvalue weighted by Crippen LogP contribution is 2.44. The number of aryl methyl sites for hydroxylation is 1. The highest BCUT2D eigenvalue weighted by molar-refractivity contribution is 7.22. The topological polar surface area (TPSA) is 70.5 Å².